The largest absolute Gasteiger partial charge is 0.311 e. The zero-order chi connectivity index (χ0) is 21.4. The molecule has 4 heterocycles. The Hall–Kier alpha value is -2.84. The predicted molar refractivity (Wildman–Crippen MR) is 124 cm³/mol. The minimum Gasteiger partial charge on any atom is -0.311 e. The summed E-state index contributed by atoms with van der Waals surface area (Å²) in [5, 5.41) is 9.26. The number of fused-ring (bicyclic) bond motifs is 1. The van der Waals surface area contributed by atoms with Crippen LogP contribution in [0.4, 0.5) is 5.00 Å². The number of aromatic nitrogens is 3. The Morgan fingerprint density at radius 3 is 2.81 bits per heavy atom. The number of hydrogen-bond acceptors (Lipinski definition) is 6. The van der Waals surface area contributed by atoms with Crippen molar-refractivity contribution >= 4 is 28.0 Å². The number of piperidine rings is 1. The molecule has 5 rings (SSSR count). The van der Waals surface area contributed by atoms with Crippen molar-refractivity contribution in [1.82, 2.24) is 19.7 Å². The third-order valence-corrected chi connectivity index (χ3v) is 6.91. The van der Waals surface area contributed by atoms with Crippen molar-refractivity contribution in [2.24, 2.45) is 4.99 Å². The Labute approximate surface area is 185 Å². The molecule has 8 heteroatoms. The summed E-state index contributed by atoms with van der Waals surface area (Å²) in [4.78, 5) is 24.1. The summed E-state index contributed by atoms with van der Waals surface area (Å²) in [6, 6.07) is 6.78. The maximum Gasteiger partial charge on any atom is 0.275 e. The van der Waals surface area contributed by atoms with Crippen LogP contribution in [-0.2, 0) is 11.2 Å². The maximum atomic E-state index is 12.9. The van der Waals surface area contributed by atoms with Gasteiger partial charge in [-0.25, -0.2) is 4.98 Å². The van der Waals surface area contributed by atoms with Gasteiger partial charge in [0, 0.05) is 23.9 Å². The van der Waals surface area contributed by atoms with E-state index in [0.717, 1.165) is 64.6 Å². The average molecular weight is 435 g/mol. The number of benzene rings is 1. The lowest BCUT2D eigenvalue weighted by molar-refractivity contribution is -0.110. The fraction of sp³-hybridized carbons (Fsp3) is 0.391. The molecule has 3 aromatic rings. The van der Waals surface area contributed by atoms with Crippen molar-refractivity contribution in [1.29, 1.82) is 0 Å². The van der Waals surface area contributed by atoms with Gasteiger partial charge in [0.25, 0.3) is 5.91 Å². The molecular formula is C23H26N6OS. The fourth-order valence-electron chi connectivity index (χ4n) is 4.30. The number of carbonyl (C=O) groups excluding carboxylic acids is 1. The molecule has 2 aromatic heterocycles. The van der Waals surface area contributed by atoms with Gasteiger partial charge < -0.3 is 10.2 Å². The molecule has 2 aliphatic rings. The molecule has 0 radical (unpaired) electrons. The van der Waals surface area contributed by atoms with Crippen molar-refractivity contribution in [2.75, 3.05) is 32.0 Å². The minimum atomic E-state index is -0.177. The van der Waals surface area contributed by atoms with Crippen molar-refractivity contribution < 1.29 is 4.79 Å². The highest BCUT2D eigenvalue weighted by Crippen LogP contribution is 2.28. The Balaban J connectivity index is 1.39. The van der Waals surface area contributed by atoms with Crippen molar-refractivity contribution in [2.45, 2.75) is 32.2 Å². The van der Waals surface area contributed by atoms with Crippen molar-refractivity contribution in [3.8, 4) is 11.1 Å². The second-order valence-corrected chi connectivity index (χ2v) is 9.53. The summed E-state index contributed by atoms with van der Waals surface area (Å²) >= 11 is 1.47. The van der Waals surface area contributed by atoms with E-state index >= 15 is 0 Å². The van der Waals surface area contributed by atoms with Crippen LogP contribution in [0.25, 0.3) is 11.1 Å². The van der Waals surface area contributed by atoms with E-state index in [1.54, 1.807) is 6.20 Å². The molecule has 0 atom stereocenters. The molecule has 1 fully saturated rings. The quantitative estimate of drug-likeness (QED) is 0.681. The van der Waals surface area contributed by atoms with Gasteiger partial charge in [-0.05, 0) is 63.5 Å². The molecule has 7 nitrogen and oxygen atoms in total. The normalized spacial score (nSPS) is 17.3. The van der Waals surface area contributed by atoms with Crippen LogP contribution in [0.1, 0.15) is 35.0 Å². The number of carbonyl (C=O) groups is 1. The number of nitrogens with one attached hydrogen (secondary N) is 1. The third-order valence-electron chi connectivity index (χ3n) is 6.09. The lowest BCUT2D eigenvalue weighted by atomic mass is 9.93. The maximum absolute atomic E-state index is 12.9. The number of aryl methyl sites for hydroxylation is 1. The number of thiazole rings is 1. The van der Waals surface area contributed by atoms with Gasteiger partial charge in [-0.3, -0.25) is 14.5 Å². The van der Waals surface area contributed by atoms with E-state index in [-0.39, 0.29) is 5.91 Å². The van der Waals surface area contributed by atoms with E-state index in [1.807, 2.05) is 13.1 Å². The van der Waals surface area contributed by atoms with Crippen LogP contribution in [0.15, 0.2) is 41.8 Å². The van der Waals surface area contributed by atoms with Crippen LogP contribution >= 0.6 is 11.3 Å². The SMILES string of the molecule is Cc1ncc(NC(=O)C2=NCCc3ccc(-c4cnn(C5CCN(C)CC5)c4)cc32)s1. The van der Waals surface area contributed by atoms with Gasteiger partial charge in [-0.1, -0.05) is 12.1 Å². The van der Waals surface area contributed by atoms with Crippen molar-refractivity contribution in [3.63, 3.8) is 0 Å². The summed E-state index contributed by atoms with van der Waals surface area (Å²) in [7, 11) is 2.17. The molecule has 31 heavy (non-hydrogen) atoms. The second kappa shape index (κ2) is 8.36. The van der Waals surface area contributed by atoms with Gasteiger partial charge >= 0.3 is 0 Å². The average Bonchev–Trinajstić information content (AvgIpc) is 3.43. The highest BCUT2D eigenvalue weighted by molar-refractivity contribution is 7.15. The highest BCUT2D eigenvalue weighted by Gasteiger charge is 2.23. The Morgan fingerprint density at radius 1 is 1.19 bits per heavy atom. The van der Waals surface area contributed by atoms with E-state index in [2.05, 4.69) is 61.4 Å². The molecular weight excluding hydrogens is 408 g/mol. The van der Waals surface area contributed by atoms with Crippen LogP contribution in [0, 0.1) is 6.92 Å². The molecule has 1 saturated heterocycles. The predicted octanol–water partition coefficient (Wildman–Crippen LogP) is 3.57. The highest BCUT2D eigenvalue weighted by atomic mass is 32.1. The van der Waals surface area contributed by atoms with Gasteiger partial charge in [-0.15, -0.1) is 11.3 Å². The number of aliphatic imine (C=N–C) groups is 1. The number of likely N-dealkylation sites (tertiary alicyclic amines) is 1. The molecule has 1 aromatic carbocycles. The number of anilines is 1. The molecule has 0 saturated carbocycles. The van der Waals surface area contributed by atoms with Crippen LogP contribution in [0.3, 0.4) is 0 Å². The number of rotatable bonds is 4. The summed E-state index contributed by atoms with van der Waals surface area (Å²) in [5.41, 5.74) is 4.71. The first-order valence-corrected chi connectivity index (χ1v) is 11.5. The minimum absolute atomic E-state index is 0.177. The van der Waals surface area contributed by atoms with Gasteiger partial charge in [-0.2, -0.15) is 5.10 Å². The van der Waals surface area contributed by atoms with Crippen LogP contribution in [0.5, 0.6) is 0 Å². The first-order chi connectivity index (χ1) is 15.1. The number of amides is 1. The van der Waals surface area contributed by atoms with Gasteiger partial charge in [0.1, 0.15) is 10.7 Å². The van der Waals surface area contributed by atoms with Gasteiger partial charge in [0.15, 0.2) is 0 Å². The zero-order valence-electron chi connectivity index (χ0n) is 17.8. The topological polar surface area (TPSA) is 75.4 Å². The molecule has 0 spiro atoms. The fourth-order valence-corrected chi connectivity index (χ4v) is 4.97. The van der Waals surface area contributed by atoms with E-state index < -0.39 is 0 Å². The Kier molecular flexibility index (Phi) is 5.41. The molecule has 1 amide bonds. The monoisotopic (exact) mass is 434 g/mol. The van der Waals surface area contributed by atoms with E-state index in [0.29, 0.717) is 18.3 Å². The molecule has 2 aliphatic heterocycles. The summed E-state index contributed by atoms with van der Waals surface area (Å²) < 4.78 is 2.11. The molecule has 160 valence electrons. The van der Waals surface area contributed by atoms with Crippen molar-refractivity contribution in [3.05, 3.63) is 52.9 Å². The Morgan fingerprint density at radius 2 is 2.03 bits per heavy atom. The summed E-state index contributed by atoms with van der Waals surface area (Å²) in [5.74, 6) is -0.177. The summed E-state index contributed by atoms with van der Waals surface area (Å²) in [6.45, 7) is 4.76. The summed E-state index contributed by atoms with van der Waals surface area (Å²) in [6.07, 6.45) is 8.85. The number of nitrogens with zero attached hydrogens (tertiary/aromatic N) is 5. The second-order valence-electron chi connectivity index (χ2n) is 8.29. The smallest absolute Gasteiger partial charge is 0.275 e. The zero-order valence-corrected chi connectivity index (χ0v) is 18.7. The van der Waals surface area contributed by atoms with Gasteiger partial charge in [0.2, 0.25) is 0 Å². The third kappa shape index (κ3) is 4.18. The molecule has 1 N–H and O–H groups in total. The number of hydrogen-bond donors (Lipinski definition) is 1. The first kappa shape index (κ1) is 20.1. The van der Waals surface area contributed by atoms with E-state index in [9.17, 15) is 4.79 Å². The van der Waals surface area contributed by atoms with E-state index in [4.69, 9.17) is 0 Å². The lowest BCUT2D eigenvalue weighted by Crippen LogP contribution is -2.31. The standard InChI is InChI=1S/C23H26N6OS/c1-15-25-13-21(31-15)27-23(30)22-20-11-17(4-3-16(20)5-8-24-22)18-12-26-29(14-18)19-6-9-28(2)10-7-19/h3-4,11-14,19H,5-10H2,1-2H3,(H,27,30). The molecule has 0 bridgehead atoms. The van der Waals surface area contributed by atoms with E-state index in [1.165, 1.54) is 11.3 Å². The van der Waals surface area contributed by atoms with Gasteiger partial charge in [0.05, 0.1) is 23.4 Å². The molecule has 0 aliphatic carbocycles. The molecule has 0 unspecified atom stereocenters. The van der Waals surface area contributed by atoms with Crippen LogP contribution in [0.2, 0.25) is 0 Å². The van der Waals surface area contributed by atoms with Crippen LogP contribution < -0.4 is 5.32 Å². The first-order valence-electron chi connectivity index (χ1n) is 10.7. The van der Waals surface area contributed by atoms with Crippen LogP contribution in [-0.4, -0.2) is 58.0 Å². The lowest BCUT2D eigenvalue weighted by Gasteiger charge is -2.28. The Bertz CT molecular complexity index is 1140.